The predicted octanol–water partition coefficient (Wildman–Crippen LogP) is 5.15. The Hall–Kier alpha value is -1.45. The van der Waals surface area contributed by atoms with Gasteiger partial charge in [-0.15, -0.1) is 0 Å². The van der Waals surface area contributed by atoms with Gasteiger partial charge in [-0.05, 0) is 44.4 Å². The maximum atomic E-state index is 10.7. The number of aryl methyl sites for hydroxylation is 1. The number of hydrogen-bond donors (Lipinski definition) is 0. The summed E-state index contributed by atoms with van der Waals surface area (Å²) in [5.74, 6) is 3.81. The van der Waals surface area contributed by atoms with Crippen LogP contribution in [0.25, 0.3) is 10.8 Å². The van der Waals surface area contributed by atoms with Crippen LogP contribution in [0.1, 0.15) is 38.2 Å². The average molecular weight is 451 g/mol. The molecule has 0 saturated carbocycles. The summed E-state index contributed by atoms with van der Waals surface area (Å²) in [4.78, 5) is 1.56. The van der Waals surface area contributed by atoms with Crippen LogP contribution in [0, 0.1) is 6.92 Å². The number of ether oxygens (including phenoxy) is 1. The molecular weight excluding hydrogens is 425 g/mol. The molecule has 1 aliphatic heterocycles. The molecule has 0 atom stereocenters. The molecule has 0 aliphatic carbocycles. The van der Waals surface area contributed by atoms with E-state index in [2.05, 4.69) is 44.2 Å². The van der Waals surface area contributed by atoms with Gasteiger partial charge in [0.2, 0.25) is 0 Å². The molecule has 0 N–H and O–H groups in total. The summed E-state index contributed by atoms with van der Waals surface area (Å²) in [5.41, 5.74) is -4.30. The van der Waals surface area contributed by atoms with Crippen molar-refractivity contribution in [3.05, 3.63) is 35.9 Å². The largest absolute Gasteiger partial charge is 0.741 e. The van der Waals surface area contributed by atoms with E-state index in [1.807, 2.05) is 0 Å². The van der Waals surface area contributed by atoms with Gasteiger partial charge in [0.15, 0.2) is 15.0 Å². The van der Waals surface area contributed by atoms with Gasteiger partial charge in [0.25, 0.3) is 0 Å². The fraction of sp³-hybridized carbons (Fsp3) is 0.500. The number of alkyl halides is 3. The van der Waals surface area contributed by atoms with E-state index in [0.29, 0.717) is 10.9 Å². The summed E-state index contributed by atoms with van der Waals surface area (Å²) >= 11 is 0. The van der Waals surface area contributed by atoms with Crippen molar-refractivity contribution in [3.8, 4) is 5.75 Å². The number of halogens is 3. The Bertz CT molecular complexity index is 921. The van der Waals surface area contributed by atoms with Crippen molar-refractivity contribution < 1.29 is 30.9 Å². The van der Waals surface area contributed by atoms with Gasteiger partial charge < -0.3 is 9.29 Å². The maximum Gasteiger partial charge on any atom is 0.485 e. The van der Waals surface area contributed by atoms with Crippen molar-refractivity contribution in [1.82, 2.24) is 0 Å². The molecule has 2 aromatic rings. The second-order valence-electron chi connectivity index (χ2n) is 6.82. The number of hydrogen-bond acceptors (Lipinski definition) is 4. The van der Waals surface area contributed by atoms with Gasteiger partial charge in [-0.3, -0.25) is 0 Å². The lowest BCUT2D eigenvalue weighted by Gasteiger charge is -2.12. The summed E-state index contributed by atoms with van der Waals surface area (Å²) < 4.78 is 64.9. The van der Waals surface area contributed by atoms with Crippen LogP contribution >= 0.6 is 0 Å². The van der Waals surface area contributed by atoms with Gasteiger partial charge in [-0.25, -0.2) is 8.42 Å². The van der Waals surface area contributed by atoms with Crippen molar-refractivity contribution in [2.75, 3.05) is 18.1 Å². The standard InChI is InChI=1S/C19H25OS.CHF3O3S/c1-3-4-11-20-18-9-10-19(21-12-5-6-13-21)17-14-15(2)7-8-16(17)18;2-1(3,4)8(5,6)7/h7-10,14H,3-6,11-13H2,1-2H3;(H,5,6,7)/q+1;/p-1. The normalized spacial score (nSPS) is 15.2. The van der Waals surface area contributed by atoms with Crippen LogP contribution in [0.2, 0.25) is 0 Å². The van der Waals surface area contributed by atoms with Gasteiger partial charge in [0, 0.05) is 21.7 Å². The highest BCUT2D eigenvalue weighted by molar-refractivity contribution is 7.97. The molecule has 2 aromatic carbocycles. The third kappa shape index (κ3) is 6.52. The van der Waals surface area contributed by atoms with Crippen molar-refractivity contribution in [3.63, 3.8) is 0 Å². The van der Waals surface area contributed by atoms with Crippen LogP contribution in [0.4, 0.5) is 13.2 Å². The molecule has 3 rings (SSSR count). The summed E-state index contributed by atoms with van der Waals surface area (Å²) in [5, 5.41) is 2.72. The molecule has 0 spiro atoms. The number of benzene rings is 2. The second-order valence-corrected chi connectivity index (χ2v) is 10.4. The Morgan fingerprint density at radius 3 is 2.28 bits per heavy atom. The minimum atomic E-state index is -6.09. The average Bonchev–Trinajstić information content (AvgIpc) is 3.15. The van der Waals surface area contributed by atoms with Gasteiger partial charge in [-0.2, -0.15) is 13.2 Å². The van der Waals surface area contributed by atoms with E-state index in [1.54, 1.807) is 4.90 Å². The molecule has 162 valence electrons. The van der Waals surface area contributed by atoms with Crippen LogP contribution in [0.3, 0.4) is 0 Å². The monoisotopic (exact) mass is 450 g/mol. The molecule has 0 unspecified atom stereocenters. The highest BCUT2D eigenvalue weighted by atomic mass is 32.2. The van der Waals surface area contributed by atoms with Crippen molar-refractivity contribution in [2.24, 2.45) is 0 Å². The van der Waals surface area contributed by atoms with E-state index in [-0.39, 0.29) is 0 Å². The first-order valence-electron chi connectivity index (χ1n) is 9.40. The van der Waals surface area contributed by atoms with E-state index in [1.165, 1.54) is 47.1 Å². The Morgan fingerprint density at radius 1 is 1.10 bits per heavy atom. The summed E-state index contributed by atoms with van der Waals surface area (Å²) in [7, 11) is -5.63. The minimum Gasteiger partial charge on any atom is -0.741 e. The topological polar surface area (TPSA) is 66.4 Å². The Labute approximate surface area is 172 Å². The highest BCUT2D eigenvalue weighted by Gasteiger charge is 2.37. The number of fused-ring (bicyclic) bond motifs is 1. The molecule has 0 bridgehead atoms. The lowest BCUT2D eigenvalue weighted by molar-refractivity contribution is -0.0517. The van der Waals surface area contributed by atoms with Crippen LogP contribution in [0.5, 0.6) is 5.75 Å². The third-order valence-corrected chi connectivity index (χ3v) is 7.58. The van der Waals surface area contributed by atoms with E-state index in [0.717, 1.165) is 18.8 Å². The fourth-order valence-corrected chi connectivity index (χ4v) is 5.48. The minimum absolute atomic E-state index is 0.455. The van der Waals surface area contributed by atoms with Crippen molar-refractivity contribution in [1.29, 1.82) is 0 Å². The van der Waals surface area contributed by atoms with Gasteiger partial charge >= 0.3 is 5.51 Å². The Balaban J connectivity index is 0.000000321. The first-order valence-corrected chi connectivity index (χ1v) is 12.4. The lowest BCUT2D eigenvalue weighted by Crippen LogP contribution is -2.21. The van der Waals surface area contributed by atoms with Crippen LogP contribution in [-0.4, -0.2) is 36.6 Å². The highest BCUT2D eigenvalue weighted by Crippen LogP contribution is 2.35. The molecule has 0 amide bonds. The quantitative estimate of drug-likeness (QED) is 0.273. The molecule has 0 aromatic heterocycles. The molecule has 1 fully saturated rings. The molecule has 29 heavy (non-hydrogen) atoms. The molecule has 1 heterocycles. The van der Waals surface area contributed by atoms with Crippen molar-refractivity contribution in [2.45, 2.75) is 49.9 Å². The zero-order valence-electron chi connectivity index (χ0n) is 16.4. The Morgan fingerprint density at radius 2 is 1.72 bits per heavy atom. The maximum absolute atomic E-state index is 10.7. The summed E-state index contributed by atoms with van der Waals surface area (Å²) in [6, 6.07) is 11.3. The van der Waals surface area contributed by atoms with E-state index in [9.17, 15) is 13.2 Å². The number of rotatable bonds is 5. The molecular formula is C20H25F3O4S2. The van der Waals surface area contributed by atoms with Gasteiger partial charge in [0.1, 0.15) is 17.3 Å². The summed E-state index contributed by atoms with van der Waals surface area (Å²) in [6.45, 7) is 5.21. The fourth-order valence-electron chi connectivity index (χ4n) is 2.99. The van der Waals surface area contributed by atoms with E-state index in [4.69, 9.17) is 17.7 Å². The van der Waals surface area contributed by atoms with Crippen LogP contribution in [-0.2, 0) is 21.0 Å². The van der Waals surface area contributed by atoms with Crippen LogP contribution in [0.15, 0.2) is 35.2 Å². The SMILES string of the molecule is CCCCOc1ccc([S+]2CCCC2)c2cc(C)ccc12.O=S(=O)([O-])C(F)(F)F. The zero-order chi connectivity index (χ0) is 21.7. The smallest absolute Gasteiger partial charge is 0.485 e. The lowest BCUT2D eigenvalue weighted by atomic mass is 10.1. The number of unbranched alkanes of at least 4 members (excludes halogenated alkanes) is 1. The first-order chi connectivity index (χ1) is 13.5. The van der Waals surface area contributed by atoms with Gasteiger partial charge in [-0.1, -0.05) is 31.0 Å². The van der Waals surface area contributed by atoms with Gasteiger partial charge in [0.05, 0.1) is 6.61 Å². The molecule has 1 saturated heterocycles. The predicted molar refractivity (Wildman–Crippen MR) is 109 cm³/mol. The molecule has 0 radical (unpaired) electrons. The first kappa shape index (κ1) is 23.8. The van der Waals surface area contributed by atoms with E-state index >= 15 is 0 Å². The third-order valence-electron chi connectivity index (χ3n) is 4.47. The van der Waals surface area contributed by atoms with Crippen LogP contribution < -0.4 is 4.74 Å². The van der Waals surface area contributed by atoms with Crippen molar-refractivity contribution >= 4 is 31.8 Å². The molecule has 1 aliphatic rings. The molecule has 9 heteroatoms. The Kier molecular flexibility index (Phi) is 8.25. The summed E-state index contributed by atoms with van der Waals surface area (Å²) in [6.07, 6.45) is 5.09. The zero-order valence-corrected chi connectivity index (χ0v) is 18.1. The second kappa shape index (κ2) is 10.0. The van der Waals surface area contributed by atoms with E-state index < -0.39 is 15.6 Å². The molecule has 4 nitrogen and oxygen atoms in total.